The molecule has 1 fully saturated rings. The number of thioether (sulfide) groups is 1. The van der Waals surface area contributed by atoms with Crippen molar-refractivity contribution in [2.24, 2.45) is 4.99 Å². The maximum atomic E-state index is 4.54. The Morgan fingerprint density at radius 2 is 2.43 bits per heavy atom. The second kappa shape index (κ2) is 3.95. The third kappa shape index (κ3) is 2.51. The van der Waals surface area contributed by atoms with E-state index in [1.807, 2.05) is 11.8 Å². The van der Waals surface area contributed by atoms with E-state index in [1.165, 1.54) is 4.88 Å². The zero-order valence-corrected chi connectivity index (χ0v) is 10.0. The van der Waals surface area contributed by atoms with E-state index in [1.54, 1.807) is 11.3 Å². The van der Waals surface area contributed by atoms with Crippen molar-refractivity contribution in [3.63, 3.8) is 0 Å². The molecule has 0 amide bonds. The summed E-state index contributed by atoms with van der Waals surface area (Å²) in [4.78, 5) is 5.86. The van der Waals surface area contributed by atoms with Gasteiger partial charge in [-0.2, -0.15) is 0 Å². The highest BCUT2D eigenvalue weighted by Crippen LogP contribution is 2.22. The van der Waals surface area contributed by atoms with Crippen LogP contribution in [-0.2, 0) is 6.54 Å². The topological polar surface area (TPSA) is 24.4 Å². The molecule has 0 atom stereocenters. The van der Waals surface area contributed by atoms with Gasteiger partial charge in [0.05, 0.1) is 6.54 Å². The highest BCUT2D eigenvalue weighted by Gasteiger charge is 2.26. The van der Waals surface area contributed by atoms with Crippen LogP contribution in [0.2, 0.25) is 0 Å². The van der Waals surface area contributed by atoms with E-state index in [-0.39, 0.29) is 5.54 Å². The first kappa shape index (κ1) is 10.1. The molecule has 0 bridgehead atoms. The standard InChI is InChI=1S/C10H14N2S2/c1-10(2)7-14-9(12-10)11-6-8-4-3-5-13-8/h3-5H,6-7H2,1-2H3,(H,11,12). The first-order chi connectivity index (χ1) is 6.66. The van der Waals surface area contributed by atoms with Crippen LogP contribution in [0, 0.1) is 0 Å². The molecule has 1 aromatic rings. The number of nitrogens with one attached hydrogen (secondary N) is 1. The second-order valence-electron chi connectivity index (χ2n) is 4.00. The number of rotatable bonds is 2. The van der Waals surface area contributed by atoms with Crippen molar-refractivity contribution in [2.45, 2.75) is 25.9 Å². The molecule has 0 saturated carbocycles. The molecule has 0 aromatic carbocycles. The lowest BCUT2D eigenvalue weighted by molar-refractivity contribution is 0.536. The SMILES string of the molecule is CC1(C)CSC(=NCc2cccs2)N1. The van der Waals surface area contributed by atoms with Crippen LogP contribution in [0.4, 0.5) is 0 Å². The van der Waals surface area contributed by atoms with E-state index < -0.39 is 0 Å². The molecule has 2 heterocycles. The minimum absolute atomic E-state index is 0.207. The normalized spacial score (nSPS) is 22.6. The fourth-order valence-electron chi connectivity index (χ4n) is 1.25. The van der Waals surface area contributed by atoms with Gasteiger partial charge >= 0.3 is 0 Å². The number of thiophene rings is 1. The molecule has 1 aliphatic heterocycles. The predicted octanol–water partition coefficient (Wildman–Crippen LogP) is 2.72. The largest absolute Gasteiger partial charge is 0.359 e. The maximum Gasteiger partial charge on any atom is 0.157 e. The molecular formula is C10H14N2S2. The summed E-state index contributed by atoms with van der Waals surface area (Å²) in [7, 11) is 0. The first-order valence-corrected chi connectivity index (χ1v) is 6.50. The molecule has 0 radical (unpaired) electrons. The number of aliphatic imine (C=N–C) groups is 1. The van der Waals surface area contributed by atoms with Crippen LogP contribution in [0.25, 0.3) is 0 Å². The van der Waals surface area contributed by atoms with Gasteiger partial charge in [0.25, 0.3) is 0 Å². The number of hydrogen-bond donors (Lipinski definition) is 1. The Balaban J connectivity index is 1.94. The average molecular weight is 226 g/mol. The van der Waals surface area contributed by atoms with Crippen molar-refractivity contribution >= 4 is 28.3 Å². The number of amidine groups is 1. The van der Waals surface area contributed by atoms with Crippen LogP contribution in [-0.4, -0.2) is 16.5 Å². The molecule has 1 saturated heterocycles. The van der Waals surface area contributed by atoms with E-state index in [0.717, 1.165) is 17.5 Å². The molecule has 4 heteroatoms. The lowest BCUT2D eigenvalue weighted by Gasteiger charge is -2.15. The van der Waals surface area contributed by atoms with Gasteiger partial charge in [0.2, 0.25) is 0 Å². The Morgan fingerprint density at radius 3 is 3.00 bits per heavy atom. The van der Waals surface area contributed by atoms with Crippen LogP contribution >= 0.6 is 23.1 Å². The summed E-state index contributed by atoms with van der Waals surface area (Å²) in [6, 6.07) is 4.19. The smallest absolute Gasteiger partial charge is 0.157 e. The Labute approximate surface area is 92.8 Å². The van der Waals surface area contributed by atoms with Crippen LogP contribution in [0.5, 0.6) is 0 Å². The molecule has 0 unspecified atom stereocenters. The first-order valence-electron chi connectivity index (χ1n) is 4.63. The van der Waals surface area contributed by atoms with E-state index in [0.29, 0.717) is 0 Å². The average Bonchev–Trinajstić information content (AvgIpc) is 2.70. The van der Waals surface area contributed by atoms with E-state index in [4.69, 9.17) is 0 Å². The monoisotopic (exact) mass is 226 g/mol. The van der Waals surface area contributed by atoms with Gasteiger partial charge < -0.3 is 5.32 Å². The van der Waals surface area contributed by atoms with Crippen molar-refractivity contribution in [3.05, 3.63) is 22.4 Å². The molecule has 1 N–H and O–H groups in total. The zero-order valence-electron chi connectivity index (χ0n) is 8.41. The van der Waals surface area contributed by atoms with Crippen LogP contribution in [0.1, 0.15) is 18.7 Å². The summed E-state index contributed by atoms with van der Waals surface area (Å²) in [6.07, 6.45) is 0. The number of hydrogen-bond acceptors (Lipinski definition) is 3. The van der Waals surface area contributed by atoms with Crippen molar-refractivity contribution in [3.8, 4) is 0 Å². The summed E-state index contributed by atoms with van der Waals surface area (Å²) in [6.45, 7) is 5.21. The third-order valence-electron chi connectivity index (χ3n) is 1.97. The summed E-state index contributed by atoms with van der Waals surface area (Å²) in [5.41, 5.74) is 0.207. The van der Waals surface area contributed by atoms with Gasteiger partial charge in [-0.15, -0.1) is 11.3 Å². The Hall–Kier alpha value is -0.480. The van der Waals surface area contributed by atoms with Crippen molar-refractivity contribution in [1.29, 1.82) is 0 Å². The van der Waals surface area contributed by atoms with Gasteiger partial charge in [-0.1, -0.05) is 17.8 Å². The van der Waals surface area contributed by atoms with Crippen LogP contribution in [0.15, 0.2) is 22.5 Å². The number of nitrogens with zero attached hydrogens (tertiary/aromatic N) is 1. The molecule has 1 aromatic heterocycles. The van der Waals surface area contributed by atoms with Gasteiger partial charge in [-0.25, -0.2) is 0 Å². The van der Waals surface area contributed by atoms with Crippen LogP contribution in [0.3, 0.4) is 0 Å². The summed E-state index contributed by atoms with van der Waals surface area (Å²) in [5.74, 6) is 1.11. The van der Waals surface area contributed by atoms with Crippen molar-refractivity contribution < 1.29 is 0 Å². The Morgan fingerprint density at radius 1 is 1.57 bits per heavy atom. The van der Waals surface area contributed by atoms with Gasteiger partial charge in [0.1, 0.15) is 0 Å². The third-order valence-corrected chi connectivity index (χ3v) is 4.21. The molecule has 14 heavy (non-hydrogen) atoms. The maximum absolute atomic E-state index is 4.54. The van der Waals surface area contributed by atoms with E-state index >= 15 is 0 Å². The Kier molecular flexibility index (Phi) is 2.83. The summed E-state index contributed by atoms with van der Waals surface area (Å²) in [5, 5.41) is 6.59. The lowest BCUT2D eigenvalue weighted by Crippen LogP contribution is -2.36. The molecule has 2 nitrogen and oxygen atoms in total. The van der Waals surface area contributed by atoms with E-state index in [9.17, 15) is 0 Å². The van der Waals surface area contributed by atoms with Gasteiger partial charge in [-0.05, 0) is 25.3 Å². The zero-order chi connectivity index (χ0) is 10.0. The fourth-order valence-corrected chi connectivity index (χ4v) is 2.95. The Bertz CT molecular complexity index is 328. The van der Waals surface area contributed by atoms with Crippen LogP contribution < -0.4 is 5.32 Å². The predicted molar refractivity (Wildman–Crippen MR) is 65.1 cm³/mol. The minimum atomic E-state index is 0.207. The summed E-state index contributed by atoms with van der Waals surface area (Å²) >= 11 is 3.58. The quantitative estimate of drug-likeness (QED) is 0.838. The summed E-state index contributed by atoms with van der Waals surface area (Å²) < 4.78 is 0. The van der Waals surface area contributed by atoms with Gasteiger partial charge in [0.15, 0.2) is 5.17 Å². The molecule has 0 spiro atoms. The lowest BCUT2D eigenvalue weighted by atomic mass is 10.1. The van der Waals surface area contributed by atoms with Crippen molar-refractivity contribution in [1.82, 2.24) is 5.32 Å². The van der Waals surface area contributed by atoms with Crippen molar-refractivity contribution in [2.75, 3.05) is 5.75 Å². The molecular weight excluding hydrogens is 212 g/mol. The minimum Gasteiger partial charge on any atom is -0.359 e. The highest BCUT2D eigenvalue weighted by molar-refractivity contribution is 8.14. The molecule has 76 valence electrons. The fraction of sp³-hybridized carbons (Fsp3) is 0.500. The van der Waals surface area contributed by atoms with Gasteiger partial charge in [-0.3, -0.25) is 4.99 Å². The second-order valence-corrected chi connectivity index (χ2v) is 5.99. The highest BCUT2D eigenvalue weighted by atomic mass is 32.2. The molecule has 0 aliphatic carbocycles. The molecule has 1 aliphatic rings. The molecule has 2 rings (SSSR count). The van der Waals surface area contributed by atoms with Gasteiger partial charge in [0, 0.05) is 16.2 Å². The van der Waals surface area contributed by atoms with E-state index in [2.05, 4.69) is 41.7 Å².